The van der Waals surface area contributed by atoms with Gasteiger partial charge >= 0.3 is 0 Å². The number of piperidine rings is 1. The summed E-state index contributed by atoms with van der Waals surface area (Å²) in [6.07, 6.45) is 3.80. The second-order valence-corrected chi connectivity index (χ2v) is 9.11. The Balaban J connectivity index is 1.62. The van der Waals surface area contributed by atoms with Crippen LogP contribution in [0.25, 0.3) is 0 Å². The van der Waals surface area contributed by atoms with Crippen LogP contribution in [0.3, 0.4) is 0 Å². The number of amides is 3. The number of hydrogen-bond donors (Lipinski definition) is 2. The number of nitrogens with one attached hydrogen (secondary N) is 2. The van der Waals surface area contributed by atoms with Crippen LogP contribution in [0.4, 0.5) is 0 Å². The summed E-state index contributed by atoms with van der Waals surface area (Å²) in [5.74, 6) is 0.138. The zero-order valence-corrected chi connectivity index (χ0v) is 18.7. The molecule has 8 nitrogen and oxygen atoms in total. The molecule has 1 aliphatic heterocycles. The smallest absolute Gasteiger partial charge is 0.286 e. The van der Waals surface area contributed by atoms with Crippen molar-refractivity contribution in [1.29, 1.82) is 0 Å². The topological polar surface area (TPSA) is 94.9 Å². The Morgan fingerprint density at radius 3 is 2.50 bits per heavy atom. The summed E-state index contributed by atoms with van der Waals surface area (Å²) in [7, 11) is 4.06. The van der Waals surface area contributed by atoms with Crippen molar-refractivity contribution < 1.29 is 18.8 Å². The first-order chi connectivity index (χ1) is 14.2. The summed E-state index contributed by atoms with van der Waals surface area (Å²) < 4.78 is 5.03. The Hall–Kier alpha value is -2.35. The van der Waals surface area contributed by atoms with Crippen molar-refractivity contribution in [1.82, 2.24) is 20.4 Å². The van der Waals surface area contributed by atoms with Crippen LogP contribution in [0.1, 0.15) is 50.1 Å². The van der Waals surface area contributed by atoms with E-state index in [0.29, 0.717) is 51.9 Å². The van der Waals surface area contributed by atoms with Gasteiger partial charge in [0.25, 0.3) is 5.91 Å². The predicted octanol–water partition coefficient (Wildman–Crippen LogP) is 1.73. The standard InChI is InChI=1S/C22H36N4O4/c1-22(2,16-25(3)4)15-24-20(28)17-9-12-26(13-10-17)19(27)8-5-11-23-21(29)18-7-6-14-30-18/h6-7,14,17H,5,8-13,15-16H2,1-4H3,(H,23,29)(H,24,28). The van der Waals surface area contributed by atoms with Crippen molar-refractivity contribution in [3.63, 3.8) is 0 Å². The van der Waals surface area contributed by atoms with E-state index in [1.54, 1.807) is 12.1 Å². The van der Waals surface area contributed by atoms with Gasteiger partial charge < -0.3 is 24.9 Å². The van der Waals surface area contributed by atoms with Crippen LogP contribution in [0.5, 0.6) is 0 Å². The van der Waals surface area contributed by atoms with E-state index in [1.807, 2.05) is 19.0 Å². The molecule has 0 spiro atoms. The Bertz CT molecular complexity index is 692. The van der Waals surface area contributed by atoms with Gasteiger partial charge in [-0.25, -0.2) is 0 Å². The molecule has 1 fully saturated rings. The normalized spacial score (nSPS) is 15.3. The highest BCUT2D eigenvalue weighted by atomic mass is 16.3. The molecule has 1 aromatic heterocycles. The van der Waals surface area contributed by atoms with E-state index in [4.69, 9.17) is 4.42 Å². The maximum Gasteiger partial charge on any atom is 0.286 e. The van der Waals surface area contributed by atoms with E-state index in [9.17, 15) is 14.4 Å². The average Bonchev–Trinajstić information content (AvgIpc) is 3.23. The quantitative estimate of drug-likeness (QED) is 0.562. The van der Waals surface area contributed by atoms with Gasteiger partial charge in [-0.1, -0.05) is 13.8 Å². The summed E-state index contributed by atoms with van der Waals surface area (Å²) in [6.45, 7) is 7.48. The number of nitrogens with zero attached hydrogens (tertiary/aromatic N) is 2. The fourth-order valence-corrected chi connectivity index (χ4v) is 3.87. The molecular weight excluding hydrogens is 384 g/mol. The first-order valence-corrected chi connectivity index (χ1v) is 10.7. The first kappa shape index (κ1) is 23.9. The van der Waals surface area contributed by atoms with Crippen molar-refractivity contribution in [2.45, 2.75) is 39.5 Å². The molecule has 30 heavy (non-hydrogen) atoms. The molecule has 0 bridgehead atoms. The van der Waals surface area contributed by atoms with Crippen molar-refractivity contribution in [2.75, 3.05) is 46.8 Å². The minimum absolute atomic E-state index is 0.0161. The second-order valence-electron chi connectivity index (χ2n) is 9.11. The highest BCUT2D eigenvalue weighted by molar-refractivity contribution is 5.91. The molecule has 0 unspecified atom stereocenters. The van der Waals surface area contributed by atoms with Crippen LogP contribution in [-0.4, -0.2) is 74.3 Å². The Morgan fingerprint density at radius 1 is 1.20 bits per heavy atom. The lowest BCUT2D eigenvalue weighted by atomic mass is 9.91. The highest BCUT2D eigenvalue weighted by Gasteiger charge is 2.28. The zero-order valence-electron chi connectivity index (χ0n) is 18.7. The first-order valence-electron chi connectivity index (χ1n) is 10.7. The van der Waals surface area contributed by atoms with Gasteiger partial charge in [-0.05, 0) is 50.9 Å². The summed E-state index contributed by atoms with van der Waals surface area (Å²) in [4.78, 5) is 40.6. The van der Waals surface area contributed by atoms with Crippen LogP contribution < -0.4 is 10.6 Å². The van der Waals surface area contributed by atoms with E-state index in [0.717, 1.165) is 6.54 Å². The summed E-state index contributed by atoms with van der Waals surface area (Å²) in [5.41, 5.74) is 0.0161. The van der Waals surface area contributed by atoms with Gasteiger partial charge in [0.15, 0.2) is 5.76 Å². The van der Waals surface area contributed by atoms with E-state index in [2.05, 4.69) is 29.4 Å². The number of furan rings is 1. The van der Waals surface area contributed by atoms with E-state index in [-0.39, 0.29) is 34.8 Å². The van der Waals surface area contributed by atoms with Crippen molar-refractivity contribution in [3.05, 3.63) is 24.2 Å². The number of likely N-dealkylation sites (tertiary alicyclic amines) is 1. The minimum Gasteiger partial charge on any atom is -0.459 e. The molecule has 2 heterocycles. The molecule has 0 atom stereocenters. The predicted molar refractivity (Wildman–Crippen MR) is 115 cm³/mol. The van der Waals surface area contributed by atoms with Crippen LogP contribution in [-0.2, 0) is 9.59 Å². The van der Waals surface area contributed by atoms with Gasteiger partial charge in [0, 0.05) is 45.1 Å². The number of rotatable bonds is 10. The third kappa shape index (κ3) is 7.82. The second kappa shape index (κ2) is 11.2. The SMILES string of the molecule is CN(C)CC(C)(C)CNC(=O)C1CCN(C(=O)CCCNC(=O)c2ccco2)CC1. The fourth-order valence-electron chi connectivity index (χ4n) is 3.87. The molecule has 2 N–H and O–H groups in total. The molecule has 1 saturated heterocycles. The van der Waals surface area contributed by atoms with Crippen molar-refractivity contribution >= 4 is 17.7 Å². The van der Waals surface area contributed by atoms with Crippen LogP contribution >= 0.6 is 0 Å². The Kier molecular flexibility index (Phi) is 8.89. The van der Waals surface area contributed by atoms with Gasteiger partial charge in [0.05, 0.1) is 6.26 Å². The number of carbonyl (C=O) groups excluding carboxylic acids is 3. The maximum absolute atomic E-state index is 12.5. The maximum atomic E-state index is 12.5. The van der Waals surface area contributed by atoms with Gasteiger partial charge in [-0.3, -0.25) is 14.4 Å². The van der Waals surface area contributed by atoms with Crippen LogP contribution in [0.15, 0.2) is 22.8 Å². The largest absolute Gasteiger partial charge is 0.459 e. The lowest BCUT2D eigenvalue weighted by Gasteiger charge is -2.33. The lowest BCUT2D eigenvalue weighted by molar-refractivity contribution is -0.135. The van der Waals surface area contributed by atoms with Crippen molar-refractivity contribution in [2.24, 2.45) is 11.3 Å². The molecule has 1 aliphatic rings. The summed E-state index contributed by atoms with van der Waals surface area (Å²) in [6, 6.07) is 3.26. The van der Waals surface area contributed by atoms with Gasteiger partial charge in [-0.2, -0.15) is 0 Å². The molecule has 0 aromatic carbocycles. The molecule has 0 radical (unpaired) electrons. The summed E-state index contributed by atoms with van der Waals surface area (Å²) in [5, 5.41) is 5.83. The zero-order chi connectivity index (χ0) is 22.1. The number of hydrogen-bond acceptors (Lipinski definition) is 5. The molecule has 2 rings (SSSR count). The average molecular weight is 421 g/mol. The van der Waals surface area contributed by atoms with Gasteiger partial charge in [-0.15, -0.1) is 0 Å². The van der Waals surface area contributed by atoms with Crippen LogP contribution in [0, 0.1) is 11.3 Å². The third-order valence-corrected chi connectivity index (χ3v) is 5.30. The molecule has 0 aliphatic carbocycles. The molecular formula is C22H36N4O4. The molecule has 8 heteroatoms. The number of carbonyl (C=O) groups is 3. The van der Waals surface area contributed by atoms with Gasteiger partial charge in [0.1, 0.15) is 0 Å². The van der Waals surface area contributed by atoms with E-state index < -0.39 is 0 Å². The monoisotopic (exact) mass is 420 g/mol. The van der Waals surface area contributed by atoms with Gasteiger partial charge in [0.2, 0.25) is 11.8 Å². The third-order valence-electron chi connectivity index (χ3n) is 5.30. The fraction of sp³-hybridized carbons (Fsp3) is 0.682. The minimum atomic E-state index is -0.270. The lowest BCUT2D eigenvalue weighted by Crippen LogP contribution is -2.46. The van der Waals surface area contributed by atoms with E-state index >= 15 is 0 Å². The highest BCUT2D eigenvalue weighted by Crippen LogP contribution is 2.20. The molecule has 0 saturated carbocycles. The molecule has 1 aromatic rings. The van der Waals surface area contributed by atoms with Crippen LogP contribution in [0.2, 0.25) is 0 Å². The van der Waals surface area contributed by atoms with E-state index in [1.165, 1.54) is 6.26 Å². The van der Waals surface area contributed by atoms with Crippen molar-refractivity contribution in [3.8, 4) is 0 Å². The Morgan fingerprint density at radius 2 is 1.90 bits per heavy atom. The summed E-state index contributed by atoms with van der Waals surface area (Å²) >= 11 is 0. The Labute approximate surface area is 179 Å². The molecule has 3 amide bonds. The molecule has 168 valence electrons.